The van der Waals surface area contributed by atoms with Crippen LogP contribution in [0.15, 0.2) is 54.6 Å². The molecular formula is C21H28N2. The normalized spacial score (nSPS) is 18.4. The lowest BCUT2D eigenvalue weighted by Gasteiger charge is -2.36. The van der Waals surface area contributed by atoms with Crippen molar-refractivity contribution in [2.45, 2.75) is 45.2 Å². The van der Waals surface area contributed by atoms with Crippen LogP contribution >= 0.6 is 0 Å². The number of hydrogen-bond donors (Lipinski definition) is 1. The highest BCUT2D eigenvalue weighted by atomic mass is 15.1. The number of benzene rings is 2. The molecule has 2 heteroatoms. The molecule has 1 N–H and O–H groups in total. The van der Waals surface area contributed by atoms with Gasteiger partial charge >= 0.3 is 0 Å². The van der Waals surface area contributed by atoms with E-state index in [0.29, 0.717) is 12.0 Å². The summed E-state index contributed by atoms with van der Waals surface area (Å²) >= 11 is 0. The maximum atomic E-state index is 3.56. The first kappa shape index (κ1) is 16.1. The van der Waals surface area contributed by atoms with Crippen LogP contribution in [0, 0.1) is 0 Å². The monoisotopic (exact) mass is 308 g/mol. The highest BCUT2D eigenvalue weighted by Crippen LogP contribution is 2.31. The Hall–Kier alpha value is -1.80. The summed E-state index contributed by atoms with van der Waals surface area (Å²) in [4.78, 5) is 2.58. The van der Waals surface area contributed by atoms with Gasteiger partial charge in [-0.25, -0.2) is 0 Å². The average Bonchev–Trinajstić information content (AvgIpc) is 2.61. The Bertz CT molecular complexity index is 606. The molecule has 122 valence electrons. The zero-order chi connectivity index (χ0) is 16.1. The average molecular weight is 308 g/mol. The Morgan fingerprint density at radius 2 is 1.78 bits per heavy atom. The van der Waals surface area contributed by atoms with Crippen LogP contribution in [0.4, 0.5) is 5.69 Å². The van der Waals surface area contributed by atoms with E-state index in [0.717, 1.165) is 13.1 Å². The summed E-state index contributed by atoms with van der Waals surface area (Å²) < 4.78 is 0. The predicted octanol–water partition coefficient (Wildman–Crippen LogP) is 4.57. The summed E-state index contributed by atoms with van der Waals surface area (Å²) in [7, 11) is 0. The standard InChI is InChI=1S/C21H28N2/c1-17(2)22-15-19-11-6-7-13-21(19)23-14-8-12-20(16-23)18-9-4-3-5-10-18/h3-7,9-11,13,17,20,22H,8,12,14-16H2,1-2H3. The van der Waals surface area contributed by atoms with Gasteiger partial charge in [0.25, 0.3) is 0 Å². The molecule has 1 heterocycles. The lowest BCUT2D eigenvalue weighted by atomic mass is 9.90. The molecular weight excluding hydrogens is 280 g/mol. The Morgan fingerprint density at radius 1 is 1.04 bits per heavy atom. The molecule has 0 amide bonds. The zero-order valence-corrected chi connectivity index (χ0v) is 14.3. The summed E-state index contributed by atoms with van der Waals surface area (Å²) in [6.07, 6.45) is 2.57. The molecule has 0 aromatic heterocycles. The van der Waals surface area contributed by atoms with Crippen molar-refractivity contribution in [2.24, 2.45) is 0 Å². The van der Waals surface area contributed by atoms with Crippen molar-refractivity contribution in [3.05, 3.63) is 65.7 Å². The van der Waals surface area contributed by atoms with Gasteiger partial charge in [0.2, 0.25) is 0 Å². The number of piperidine rings is 1. The molecule has 2 aromatic carbocycles. The summed E-state index contributed by atoms with van der Waals surface area (Å²) in [5.74, 6) is 0.649. The number of rotatable bonds is 5. The van der Waals surface area contributed by atoms with Crippen molar-refractivity contribution >= 4 is 5.69 Å². The first-order valence-electron chi connectivity index (χ1n) is 8.85. The second kappa shape index (κ2) is 7.65. The molecule has 0 saturated carbocycles. The molecule has 1 atom stereocenters. The van der Waals surface area contributed by atoms with E-state index in [1.54, 1.807) is 0 Å². The van der Waals surface area contributed by atoms with Crippen LogP contribution in [-0.4, -0.2) is 19.1 Å². The van der Waals surface area contributed by atoms with Crippen LogP contribution in [0.5, 0.6) is 0 Å². The van der Waals surface area contributed by atoms with Crippen LogP contribution in [0.3, 0.4) is 0 Å². The van der Waals surface area contributed by atoms with Crippen LogP contribution in [0.1, 0.15) is 43.7 Å². The van der Waals surface area contributed by atoms with E-state index < -0.39 is 0 Å². The van der Waals surface area contributed by atoms with Crippen LogP contribution < -0.4 is 10.2 Å². The van der Waals surface area contributed by atoms with E-state index in [9.17, 15) is 0 Å². The maximum absolute atomic E-state index is 3.56. The van der Waals surface area contributed by atoms with Gasteiger partial charge in [0.1, 0.15) is 0 Å². The van der Waals surface area contributed by atoms with Crippen molar-refractivity contribution < 1.29 is 0 Å². The minimum Gasteiger partial charge on any atom is -0.371 e. The Balaban J connectivity index is 1.76. The van der Waals surface area contributed by atoms with Crippen LogP contribution in [0.25, 0.3) is 0 Å². The molecule has 2 nitrogen and oxygen atoms in total. The molecule has 1 saturated heterocycles. The van der Waals surface area contributed by atoms with E-state index in [2.05, 4.69) is 78.7 Å². The topological polar surface area (TPSA) is 15.3 Å². The lowest BCUT2D eigenvalue weighted by molar-refractivity contribution is 0.507. The summed E-state index contributed by atoms with van der Waals surface area (Å²) in [5, 5.41) is 3.56. The number of nitrogens with zero attached hydrogens (tertiary/aromatic N) is 1. The molecule has 0 aliphatic carbocycles. The Kier molecular flexibility index (Phi) is 5.35. The summed E-state index contributed by atoms with van der Waals surface area (Å²) in [5.41, 5.74) is 4.30. The second-order valence-corrected chi connectivity index (χ2v) is 6.86. The first-order valence-corrected chi connectivity index (χ1v) is 8.85. The number of anilines is 1. The fourth-order valence-corrected chi connectivity index (χ4v) is 3.48. The van der Waals surface area contributed by atoms with Crippen molar-refractivity contribution in [1.29, 1.82) is 0 Å². The number of hydrogen-bond acceptors (Lipinski definition) is 2. The molecule has 3 rings (SSSR count). The Morgan fingerprint density at radius 3 is 2.57 bits per heavy atom. The van der Waals surface area contributed by atoms with Gasteiger partial charge in [-0.3, -0.25) is 0 Å². The fraction of sp³-hybridized carbons (Fsp3) is 0.429. The van der Waals surface area contributed by atoms with Gasteiger partial charge in [-0.05, 0) is 30.0 Å². The Labute approximate surface area is 140 Å². The van der Waals surface area contributed by atoms with E-state index in [1.165, 1.54) is 36.2 Å². The zero-order valence-electron chi connectivity index (χ0n) is 14.3. The van der Waals surface area contributed by atoms with Gasteiger partial charge in [-0.1, -0.05) is 62.4 Å². The van der Waals surface area contributed by atoms with Gasteiger partial charge in [-0.2, -0.15) is 0 Å². The van der Waals surface area contributed by atoms with Gasteiger partial charge < -0.3 is 10.2 Å². The van der Waals surface area contributed by atoms with E-state index in [1.807, 2.05) is 0 Å². The SMILES string of the molecule is CC(C)NCc1ccccc1N1CCCC(c2ccccc2)C1. The fourth-order valence-electron chi connectivity index (χ4n) is 3.48. The van der Waals surface area contributed by atoms with Crippen molar-refractivity contribution in [1.82, 2.24) is 5.32 Å². The van der Waals surface area contributed by atoms with Crippen LogP contribution in [0.2, 0.25) is 0 Å². The largest absolute Gasteiger partial charge is 0.371 e. The molecule has 1 fully saturated rings. The summed E-state index contributed by atoms with van der Waals surface area (Å²) in [6, 6.07) is 20.4. The quantitative estimate of drug-likeness (QED) is 0.870. The molecule has 2 aromatic rings. The highest BCUT2D eigenvalue weighted by Gasteiger charge is 2.22. The molecule has 23 heavy (non-hydrogen) atoms. The maximum Gasteiger partial charge on any atom is 0.0412 e. The second-order valence-electron chi connectivity index (χ2n) is 6.86. The van der Waals surface area contributed by atoms with Crippen molar-refractivity contribution in [3.8, 4) is 0 Å². The van der Waals surface area contributed by atoms with Crippen molar-refractivity contribution in [2.75, 3.05) is 18.0 Å². The van der Waals surface area contributed by atoms with Crippen molar-refractivity contribution in [3.63, 3.8) is 0 Å². The van der Waals surface area contributed by atoms with Gasteiger partial charge in [0.05, 0.1) is 0 Å². The molecule has 1 aliphatic heterocycles. The lowest BCUT2D eigenvalue weighted by Crippen LogP contribution is -2.35. The van der Waals surface area contributed by atoms with Gasteiger partial charge in [0.15, 0.2) is 0 Å². The smallest absolute Gasteiger partial charge is 0.0412 e. The predicted molar refractivity (Wildman–Crippen MR) is 99.0 cm³/mol. The van der Waals surface area contributed by atoms with E-state index >= 15 is 0 Å². The third kappa shape index (κ3) is 4.14. The number of nitrogens with one attached hydrogen (secondary N) is 1. The van der Waals surface area contributed by atoms with Gasteiger partial charge in [0, 0.05) is 37.3 Å². The molecule has 0 bridgehead atoms. The molecule has 0 spiro atoms. The highest BCUT2D eigenvalue weighted by molar-refractivity contribution is 5.54. The third-order valence-corrected chi connectivity index (χ3v) is 4.73. The molecule has 1 unspecified atom stereocenters. The third-order valence-electron chi connectivity index (χ3n) is 4.73. The van der Waals surface area contributed by atoms with E-state index in [-0.39, 0.29) is 0 Å². The first-order chi connectivity index (χ1) is 11.2. The van der Waals surface area contributed by atoms with Crippen LogP contribution in [-0.2, 0) is 6.54 Å². The number of para-hydroxylation sites is 1. The summed E-state index contributed by atoms with van der Waals surface area (Å²) in [6.45, 7) is 7.65. The minimum atomic E-state index is 0.515. The minimum absolute atomic E-state index is 0.515. The van der Waals surface area contributed by atoms with Gasteiger partial charge in [-0.15, -0.1) is 0 Å². The molecule has 0 radical (unpaired) electrons. The molecule has 1 aliphatic rings. The van der Waals surface area contributed by atoms with E-state index in [4.69, 9.17) is 0 Å².